The monoisotopic (exact) mass is 442 g/mol. The Morgan fingerprint density at radius 2 is 1.81 bits per heavy atom. The molecule has 9 heteroatoms. The molecule has 0 radical (unpaired) electrons. The fourth-order valence-electron chi connectivity index (χ4n) is 2.53. The molecule has 0 bridgehead atoms. The quantitative estimate of drug-likeness (QED) is 0.235. The number of hydrogen-bond donors (Lipinski definition) is 2. The summed E-state index contributed by atoms with van der Waals surface area (Å²) in [6.45, 7) is 0. The molecule has 0 fully saturated rings. The van der Waals surface area contributed by atoms with Crippen molar-refractivity contribution < 1.29 is 28.6 Å². The summed E-state index contributed by atoms with van der Waals surface area (Å²) in [6.07, 6.45) is 1.48. The number of carboxylic acids is 1. The lowest BCUT2D eigenvalue weighted by atomic mass is 10.2. The number of hydrogen-bond acceptors (Lipinski definition) is 6. The molecule has 0 aliphatic carbocycles. The lowest BCUT2D eigenvalue weighted by molar-refractivity contribution is 0.0694. The largest absolute Gasteiger partial charge is 0.493 e. The first kappa shape index (κ1) is 21.8. The highest BCUT2D eigenvalue weighted by Gasteiger charge is 2.13. The van der Waals surface area contributed by atoms with Gasteiger partial charge in [0.1, 0.15) is 5.82 Å². The second-order valence-electron chi connectivity index (χ2n) is 6.18. The summed E-state index contributed by atoms with van der Waals surface area (Å²) in [5, 5.41) is 13.3. The van der Waals surface area contributed by atoms with Gasteiger partial charge in [-0.3, -0.25) is 5.43 Å². The van der Waals surface area contributed by atoms with Crippen molar-refractivity contribution in [2.24, 2.45) is 5.10 Å². The molecule has 7 nitrogen and oxygen atoms in total. The van der Waals surface area contributed by atoms with E-state index >= 15 is 0 Å². The number of carbonyl (C=O) groups is 2. The average molecular weight is 443 g/mol. The van der Waals surface area contributed by atoms with Crippen molar-refractivity contribution in [3.8, 4) is 11.5 Å². The third-order valence-corrected chi connectivity index (χ3v) is 4.40. The lowest BCUT2D eigenvalue weighted by Gasteiger charge is -2.10. The molecule has 0 saturated carbocycles. The highest BCUT2D eigenvalue weighted by molar-refractivity contribution is 6.33. The predicted molar refractivity (Wildman–Crippen MR) is 114 cm³/mol. The summed E-state index contributed by atoms with van der Waals surface area (Å²) < 4.78 is 23.6. The fourth-order valence-corrected chi connectivity index (χ4v) is 2.73. The van der Waals surface area contributed by atoms with Crippen LogP contribution in [0.5, 0.6) is 11.5 Å². The van der Waals surface area contributed by atoms with E-state index < -0.39 is 17.8 Å². The summed E-state index contributed by atoms with van der Waals surface area (Å²) in [6, 6.07) is 14.2. The van der Waals surface area contributed by atoms with E-state index in [2.05, 4.69) is 10.5 Å². The van der Waals surface area contributed by atoms with Crippen LogP contribution in [0.15, 0.2) is 65.8 Å². The van der Waals surface area contributed by atoms with Gasteiger partial charge in [0.05, 0.1) is 35.2 Å². The van der Waals surface area contributed by atoms with Gasteiger partial charge in [-0.1, -0.05) is 11.6 Å². The molecule has 2 N–H and O–H groups in total. The number of benzene rings is 3. The number of anilines is 1. The minimum atomic E-state index is -1.15. The van der Waals surface area contributed by atoms with Crippen LogP contribution < -0.4 is 14.9 Å². The molecule has 0 aromatic heterocycles. The summed E-state index contributed by atoms with van der Waals surface area (Å²) in [7, 11) is 1.42. The van der Waals surface area contributed by atoms with Crippen LogP contribution in [0.3, 0.4) is 0 Å². The topological polar surface area (TPSA) is 97.2 Å². The number of hydrazone groups is 1. The van der Waals surface area contributed by atoms with Crippen molar-refractivity contribution in [2.45, 2.75) is 0 Å². The molecule has 0 spiro atoms. The number of carboxylic acid groups (broad SMARTS) is 1. The Morgan fingerprint density at radius 1 is 1.06 bits per heavy atom. The molecule has 3 rings (SSSR count). The van der Waals surface area contributed by atoms with E-state index in [-0.39, 0.29) is 21.9 Å². The Morgan fingerprint density at radius 3 is 2.48 bits per heavy atom. The highest BCUT2D eigenvalue weighted by Crippen LogP contribution is 2.28. The molecule has 3 aromatic carbocycles. The zero-order chi connectivity index (χ0) is 22.4. The third kappa shape index (κ3) is 5.58. The van der Waals surface area contributed by atoms with Crippen molar-refractivity contribution in [1.82, 2.24) is 0 Å². The van der Waals surface area contributed by atoms with E-state index in [0.29, 0.717) is 17.0 Å². The Bertz CT molecular complexity index is 1150. The number of nitrogens with zero attached hydrogens (tertiary/aromatic N) is 1. The molecule has 0 atom stereocenters. The van der Waals surface area contributed by atoms with E-state index in [4.69, 9.17) is 26.2 Å². The van der Waals surface area contributed by atoms with Gasteiger partial charge in [-0.05, 0) is 66.2 Å². The molecule has 0 heterocycles. The van der Waals surface area contributed by atoms with E-state index in [9.17, 15) is 14.0 Å². The highest BCUT2D eigenvalue weighted by atomic mass is 35.5. The number of aromatic carboxylic acids is 1. The molecule has 3 aromatic rings. The van der Waals surface area contributed by atoms with Gasteiger partial charge in [-0.15, -0.1) is 0 Å². The van der Waals surface area contributed by atoms with Gasteiger partial charge in [0.15, 0.2) is 11.5 Å². The van der Waals surface area contributed by atoms with Crippen molar-refractivity contribution in [1.29, 1.82) is 0 Å². The molecule has 0 amide bonds. The van der Waals surface area contributed by atoms with Gasteiger partial charge in [0, 0.05) is 0 Å². The summed E-state index contributed by atoms with van der Waals surface area (Å²) >= 11 is 5.84. The van der Waals surface area contributed by atoms with Crippen LogP contribution in [0.4, 0.5) is 10.1 Å². The summed E-state index contributed by atoms with van der Waals surface area (Å²) in [5.74, 6) is -1.78. The molecule has 0 aliphatic rings. The van der Waals surface area contributed by atoms with Gasteiger partial charge >= 0.3 is 11.9 Å². The second kappa shape index (κ2) is 9.73. The van der Waals surface area contributed by atoms with Gasteiger partial charge in [-0.25, -0.2) is 14.0 Å². The van der Waals surface area contributed by atoms with Crippen LogP contribution in [0.1, 0.15) is 26.3 Å². The normalized spacial score (nSPS) is 10.7. The van der Waals surface area contributed by atoms with Gasteiger partial charge in [-0.2, -0.15) is 5.10 Å². The smallest absolute Gasteiger partial charge is 0.343 e. The van der Waals surface area contributed by atoms with Gasteiger partial charge in [0.25, 0.3) is 0 Å². The number of nitrogens with one attached hydrogen (secondary N) is 1. The van der Waals surface area contributed by atoms with E-state index in [1.54, 1.807) is 18.2 Å². The fraction of sp³-hybridized carbons (Fsp3) is 0.0455. The Kier molecular flexibility index (Phi) is 6.84. The molecule has 158 valence electrons. The van der Waals surface area contributed by atoms with Gasteiger partial charge in [0.2, 0.25) is 0 Å². The first-order chi connectivity index (χ1) is 14.9. The molecule has 0 unspecified atom stereocenters. The van der Waals surface area contributed by atoms with E-state index in [0.717, 1.165) is 0 Å². The zero-order valence-corrected chi connectivity index (χ0v) is 16.9. The van der Waals surface area contributed by atoms with Crippen molar-refractivity contribution >= 4 is 35.4 Å². The standard InChI is InChI=1S/C22H16ClFN2O5/c1-30-20-10-13(12-25-26-16-7-8-18(23)17(11-16)21(27)28)2-9-19(20)31-22(29)14-3-5-15(24)6-4-14/h2-12,26H,1H3,(H,27,28)/b25-12-. The van der Waals surface area contributed by atoms with Crippen LogP contribution >= 0.6 is 11.6 Å². The SMILES string of the molecule is COc1cc(/C=N\Nc2ccc(Cl)c(C(=O)O)c2)ccc1OC(=O)c1ccc(F)cc1. The van der Waals surface area contributed by atoms with Crippen LogP contribution in [0.2, 0.25) is 5.02 Å². The number of halogens is 2. The van der Waals surface area contributed by atoms with E-state index in [1.165, 1.54) is 55.8 Å². The van der Waals surface area contributed by atoms with Crippen LogP contribution in [0.25, 0.3) is 0 Å². The van der Waals surface area contributed by atoms with Crippen molar-refractivity contribution in [2.75, 3.05) is 12.5 Å². The Labute approximate surface area is 181 Å². The third-order valence-electron chi connectivity index (χ3n) is 4.07. The zero-order valence-electron chi connectivity index (χ0n) is 16.1. The number of carbonyl (C=O) groups excluding carboxylic acids is 1. The van der Waals surface area contributed by atoms with Crippen LogP contribution in [-0.4, -0.2) is 30.4 Å². The number of rotatable bonds is 7. The maximum atomic E-state index is 13.0. The lowest BCUT2D eigenvalue weighted by Crippen LogP contribution is -2.09. The second-order valence-corrected chi connectivity index (χ2v) is 6.58. The van der Waals surface area contributed by atoms with Crippen molar-refractivity contribution in [3.63, 3.8) is 0 Å². The number of esters is 1. The molecule has 0 aliphatic heterocycles. The minimum Gasteiger partial charge on any atom is -0.493 e. The minimum absolute atomic E-state index is 0.0455. The molecular weight excluding hydrogens is 427 g/mol. The maximum absolute atomic E-state index is 13.0. The van der Waals surface area contributed by atoms with E-state index in [1.807, 2.05) is 0 Å². The predicted octanol–water partition coefficient (Wildman–Crippen LogP) is 4.85. The molecule has 31 heavy (non-hydrogen) atoms. The Balaban J connectivity index is 1.71. The first-order valence-electron chi connectivity index (χ1n) is 8.85. The summed E-state index contributed by atoms with van der Waals surface area (Å²) in [4.78, 5) is 23.4. The summed E-state index contributed by atoms with van der Waals surface area (Å²) in [5.41, 5.74) is 3.93. The average Bonchev–Trinajstić information content (AvgIpc) is 2.76. The Hall–Kier alpha value is -3.91. The molecule has 0 saturated heterocycles. The van der Waals surface area contributed by atoms with Crippen LogP contribution in [0, 0.1) is 5.82 Å². The van der Waals surface area contributed by atoms with Gasteiger partial charge < -0.3 is 14.6 Å². The number of ether oxygens (including phenoxy) is 2. The molecular formula is C22H16ClFN2O5. The van der Waals surface area contributed by atoms with Crippen LogP contribution in [-0.2, 0) is 0 Å². The number of methoxy groups -OCH3 is 1. The first-order valence-corrected chi connectivity index (χ1v) is 9.23. The van der Waals surface area contributed by atoms with Crippen molar-refractivity contribution in [3.05, 3.63) is 88.2 Å². The maximum Gasteiger partial charge on any atom is 0.343 e.